The number of nitrogens with zero attached hydrogens (tertiary/aromatic N) is 1. The normalized spacial score (nSPS) is 16.4. The molecule has 32 heavy (non-hydrogen) atoms. The zero-order chi connectivity index (χ0) is 24.6. The maximum absolute atomic E-state index is 12.4. The van der Waals surface area contributed by atoms with Crippen molar-refractivity contribution in [1.82, 2.24) is 0 Å². The van der Waals surface area contributed by atoms with Crippen molar-refractivity contribution in [3.8, 4) is 0 Å². The van der Waals surface area contributed by atoms with Crippen molar-refractivity contribution in [3.63, 3.8) is 0 Å². The van der Waals surface area contributed by atoms with E-state index >= 15 is 0 Å². The van der Waals surface area contributed by atoms with E-state index in [2.05, 4.69) is 19.1 Å². The SMILES string of the molecule is CC/C=C/CCCCCC[N+](C(CCC)C(=O)O)(C(CCC)C(=O)O)C(CCC)C(=O)O. The van der Waals surface area contributed by atoms with Crippen molar-refractivity contribution >= 4 is 17.9 Å². The van der Waals surface area contributed by atoms with Crippen LogP contribution in [0.3, 0.4) is 0 Å². The Morgan fingerprint density at radius 1 is 0.656 bits per heavy atom. The average molecular weight is 457 g/mol. The molecule has 7 heteroatoms. The van der Waals surface area contributed by atoms with Crippen LogP contribution in [-0.2, 0) is 14.4 Å². The van der Waals surface area contributed by atoms with Gasteiger partial charge >= 0.3 is 17.9 Å². The highest BCUT2D eigenvalue weighted by molar-refractivity contribution is 5.78. The summed E-state index contributed by atoms with van der Waals surface area (Å²) in [6.07, 6.45) is 12.2. The summed E-state index contributed by atoms with van der Waals surface area (Å²) in [6, 6.07) is -3.15. The number of rotatable bonds is 20. The van der Waals surface area contributed by atoms with E-state index in [-0.39, 0.29) is 30.3 Å². The fraction of sp³-hybridized carbons (Fsp3) is 0.800. The summed E-state index contributed by atoms with van der Waals surface area (Å²) < 4.78 is -0.384. The molecule has 0 aromatic rings. The van der Waals surface area contributed by atoms with Crippen LogP contribution in [0.4, 0.5) is 0 Å². The molecule has 0 fully saturated rings. The van der Waals surface area contributed by atoms with Crippen LogP contribution in [0.2, 0.25) is 0 Å². The van der Waals surface area contributed by atoms with Gasteiger partial charge in [0, 0.05) is 19.3 Å². The zero-order valence-corrected chi connectivity index (χ0v) is 20.6. The first-order chi connectivity index (χ1) is 15.2. The molecule has 186 valence electrons. The molecular formula is C25H46NO6+. The largest absolute Gasteiger partial charge is 0.477 e. The molecule has 0 heterocycles. The van der Waals surface area contributed by atoms with Crippen LogP contribution < -0.4 is 0 Å². The topological polar surface area (TPSA) is 112 Å². The molecule has 0 aliphatic carbocycles. The van der Waals surface area contributed by atoms with Gasteiger partial charge in [0.2, 0.25) is 0 Å². The lowest BCUT2D eigenvalue weighted by molar-refractivity contribution is -0.973. The lowest BCUT2D eigenvalue weighted by Crippen LogP contribution is -2.72. The predicted molar refractivity (Wildman–Crippen MR) is 127 cm³/mol. The van der Waals surface area contributed by atoms with E-state index in [1.54, 1.807) is 0 Å². The second kappa shape index (κ2) is 16.7. The number of carboxylic acid groups (broad SMARTS) is 3. The molecule has 3 unspecified atom stereocenters. The molecule has 0 amide bonds. The Hall–Kier alpha value is -1.89. The fourth-order valence-corrected chi connectivity index (χ4v) is 4.93. The minimum Gasteiger partial charge on any atom is -0.477 e. The first kappa shape index (κ1) is 30.1. The van der Waals surface area contributed by atoms with Crippen LogP contribution in [0.1, 0.15) is 105 Å². The van der Waals surface area contributed by atoms with E-state index in [0.29, 0.717) is 25.7 Å². The number of allylic oxidation sites excluding steroid dienone is 2. The molecule has 0 aliphatic rings. The highest BCUT2D eigenvalue weighted by atomic mass is 16.4. The van der Waals surface area contributed by atoms with Gasteiger partial charge in [0.1, 0.15) is 0 Å². The molecule has 0 bridgehead atoms. The molecule has 0 saturated heterocycles. The number of aliphatic carboxylic acids is 3. The van der Waals surface area contributed by atoms with Crippen molar-refractivity contribution in [1.29, 1.82) is 0 Å². The van der Waals surface area contributed by atoms with Gasteiger partial charge in [-0.15, -0.1) is 0 Å². The van der Waals surface area contributed by atoms with Crippen molar-refractivity contribution in [2.75, 3.05) is 6.54 Å². The number of unbranched alkanes of at least 4 members (excludes halogenated alkanes) is 4. The Morgan fingerprint density at radius 3 is 1.41 bits per heavy atom. The van der Waals surface area contributed by atoms with Crippen molar-refractivity contribution in [3.05, 3.63) is 12.2 Å². The second-order valence-corrected chi connectivity index (χ2v) is 8.73. The minimum absolute atomic E-state index is 0.260. The standard InChI is InChI=1S/C25H45NO6/c1-5-9-10-11-12-13-14-15-19-26(20(16-6-2)23(27)28,21(17-7-3)24(29)30)22(18-8-4)25(31)32/h9-10,20-22H,5-8,11-19H2,1-4H3,(H2-,27,28,29,30,31,32)/p+1/b10-9+. The third-order valence-electron chi connectivity index (χ3n) is 6.35. The summed E-state index contributed by atoms with van der Waals surface area (Å²) in [5.41, 5.74) is 0. The van der Waals surface area contributed by atoms with Crippen molar-refractivity contribution in [2.24, 2.45) is 0 Å². The van der Waals surface area contributed by atoms with Crippen LogP contribution >= 0.6 is 0 Å². The zero-order valence-electron chi connectivity index (χ0n) is 20.6. The van der Waals surface area contributed by atoms with Gasteiger partial charge in [-0.2, -0.15) is 0 Å². The Bertz CT molecular complexity index is 529. The van der Waals surface area contributed by atoms with E-state index in [9.17, 15) is 29.7 Å². The van der Waals surface area contributed by atoms with E-state index < -0.39 is 36.0 Å². The quantitative estimate of drug-likeness (QED) is 0.127. The molecule has 3 N–H and O–H groups in total. The number of carbonyl (C=O) groups is 3. The summed E-state index contributed by atoms with van der Waals surface area (Å²) in [6.45, 7) is 7.93. The van der Waals surface area contributed by atoms with E-state index in [0.717, 1.165) is 32.1 Å². The van der Waals surface area contributed by atoms with Gasteiger partial charge in [-0.3, -0.25) is 4.48 Å². The van der Waals surface area contributed by atoms with Gasteiger partial charge in [0.05, 0.1) is 6.54 Å². The molecule has 0 aromatic carbocycles. The highest BCUT2D eigenvalue weighted by Crippen LogP contribution is 2.34. The van der Waals surface area contributed by atoms with Crippen LogP contribution in [0, 0.1) is 0 Å². The number of carboxylic acids is 3. The smallest absolute Gasteiger partial charge is 0.362 e. The summed E-state index contributed by atoms with van der Waals surface area (Å²) in [7, 11) is 0. The minimum atomic E-state index is -1.10. The molecule has 0 spiro atoms. The Morgan fingerprint density at radius 2 is 1.06 bits per heavy atom. The summed E-state index contributed by atoms with van der Waals surface area (Å²) in [4.78, 5) is 37.3. The summed E-state index contributed by atoms with van der Waals surface area (Å²) in [5.74, 6) is -3.29. The van der Waals surface area contributed by atoms with Gasteiger partial charge in [0.25, 0.3) is 0 Å². The number of quaternary nitrogens is 1. The van der Waals surface area contributed by atoms with Crippen LogP contribution in [0.25, 0.3) is 0 Å². The Labute approximate surface area is 194 Å². The highest BCUT2D eigenvalue weighted by Gasteiger charge is 2.56. The fourth-order valence-electron chi connectivity index (χ4n) is 4.93. The first-order valence-corrected chi connectivity index (χ1v) is 12.4. The molecule has 0 aromatic heterocycles. The molecule has 0 radical (unpaired) electrons. The van der Waals surface area contributed by atoms with E-state index in [4.69, 9.17) is 0 Å². The summed E-state index contributed by atoms with van der Waals surface area (Å²) in [5, 5.41) is 30.5. The molecule has 3 atom stereocenters. The van der Waals surface area contributed by atoms with Crippen molar-refractivity contribution in [2.45, 2.75) is 123 Å². The van der Waals surface area contributed by atoms with Gasteiger partial charge in [0.15, 0.2) is 18.1 Å². The lowest BCUT2D eigenvalue weighted by Gasteiger charge is -2.50. The Balaban J connectivity index is 6.16. The number of hydrogen-bond donors (Lipinski definition) is 3. The van der Waals surface area contributed by atoms with Gasteiger partial charge in [-0.25, -0.2) is 14.4 Å². The van der Waals surface area contributed by atoms with E-state index in [1.807, 2.05) is 20.8 Å². The van der Waals surface area contributed by atoms with Crippen LogP contribution in [-0.4, -0.2) is 62.4 Å². The van der Waals surface area contributed by atoms with Gasteiger partial charge < -0.3 is 15.3 Å². The Kier molecular flexibility index (Phi) is 15.7. The average Bonchev–Trinajstić information content (AvgIpc) is 2.73. The van der Waals surface area contributed by atoms with Gasteiger partial charge in [-0.05, 0) is 51.4 Å². The molecule has 0 saturated carbocycles. The van der Waals surface area contributed by atoms with Crippen LogP contribution in [0.15, 0.2) is 12.2 Å². The number of hydrogen-bond acceptors (Lipinski definition) is 3. The van der Waals surface area contributed by atoms with Crippen molar-refractivity contribution < 1.29 is 34.2 Å². The monoisotopic (exact) mass is 456 g/mol. The van der Waals surface area contributed by atoms with E-state index in [1.165, 1.54) is 0 Å². The predicted octanol–water partition coefficient (Wildman–Crippen LogP) is 5.48. The molecule has 0 rings (SSSR count). The maximum Gasteiger partial charge on any atom is 0.362 e. The lowest BCUT2D eigenvalue weighted by atomic mass is 9.91. The third kappa shape index (κ3) is 8.93. The maximum atomic E-state index is 12.4. The molecule has 7 nitrogen and oxygen atoms in total. The molecular weight excluding hydrogens is 410 g/mol. The first-order valence-electron chi connectivity index (χ1n) is 12.4. The van der Waals surface area contributed by atoms with Crippen LogP contribution in [0.5, 0.6) is 0 Å². The summed E-state index contributed by atoms with van der Waals surface area (Å²) >= 11 is 0. The second-order valence-electron chi connectivity index (χ2n) is 8.73. The molecule has 0 aliphatic heterocycles. The third-order valence-corrected chi connectivity index (χ3v) is 6.35. The van der Waals surface area contributed by atoms with Gasteiger partial charge in [-0.1, -0.05) is 46.3 Å².